The van der Waals surface area contributed by atoms with Gasteiger partial charge in [0.15, 0.2) is 5.65 Å². The molecule has 12 nitrogen and oxygen atoms in total. The lowest BCUT2D eigenvalue weighted by Gasteiger charge is -2.38. The van der Waals surface area contributed by atoms with Crippen molar-refractivity contribution in [2.24, 2.45) is 0 Å². The molecule has 5 aromatic rings. The van der Waals surface area contributed by atoms with Crippen molar-refractivity contribution in [3.63, 3.8) is 0 Å². The maximum Gasteiger partial charge on any atom is 0.414 e. The molecule has 1 saturated heterocycles. The third kappa shape index (κ3) is 6.64. The van der Waals surface area contributed by atoms with Gasteiger partial charge >= 0.3 is 6.09 Å². The second-order valence-electron chi connectivity index (χ2n) is 12.2. The van der Waals surface area contributed by atoms with Crippen molar-refractivity contribution in [1.82, 2.24) is 19.4 Å². The van der Waals surface area contributed by atoms with Gasteiger partial charge in [0.05, 0.1) is 30.3 Å². The summed E-state index contributed by atoms with van der Waals surface area (Å²) < 4.78 is 37.5. The maximum absolute atomic E-state index is 14.6. The molecule has 2 aromatic heterocycles. The molecule has 7 rings (SSSR count). The Labute approximate surface area is 284 Å². The van der Waals surface area contributed by atoms with Gasteiger partial charge in [-0.15, -0.1) is 0 Å². The normalized spacial score (nSPS) is 15.3. The number of carbonyl (C=O) groups is 1. The van der Waals surface area contributed by atoms with Crippen LogP contribution in [-0.4, -0.2) is 79.6 Å². The third-order valence-corrected chi connectivity index (χ3v) is 9.64. The fraction of sp³-hybridized carbons (Fsp3) is 0.278. The number of anilines is 3. The number of rotatable bonds is 7. The number of fused-ring (bicyclic) bond motifs is 2. The monoisotopic (exact) mass is 680 g/mol. The molecule has 0 bridgehead atoms. The summed E-state index contributed by atoms with van der Waals surface area (Å²) in [6.07, 6.45) is 1.99. The van der Waals surface area contributed by atoms with E-state index >= 15 is 0 Å². The van der Waals surface area contributed by atoms with E-state index in [0.29, 0.717) is 47.9 Å². The highest BCUT2D eigenvalue weighted by Gasteiger charge is 2.32. The minimum absolute atomic E-state index is 0.136. The van der Waals surface area contributed by atoms with Crippen LogP contribution in [-0.2, 0) is 32.5 Å². The highest BCUT2D eigenvalue weighted by molar-refractivity contribution is 7.90. The number of hydrogen-bond acceptors (Lipinski definition) is 10. The maximum atomic E-state index is 14.6. The number of aromatic nitrogens is 3. The second kappa shape index (κ2) is 13.4. The Morgan fingerprint density at radius 1 is 0.898 bits per heavy atom. The molecular formula is C36H36N6O6S. The fourth-order valence-electron chi connectivity index (χ4n) is 6.32. The number of aryl methyl sites for hydroxylation is 1. The molecule has 0 aliphatic carbocycles. The van der Waals surface area contributed by atoms with Crippen LogP contribution >= 0.6 is 0 Å². The van der Waals surface area contributed by atoms with Crippen LogP contribution in [0.2, 0.25) is 0 Å². The molecule has 13 heteroatoms. The molecule has 0 saturated carbocycles. The first-order valence-corrected chi connectivity index (χ1v) is 17.9. The SMILES string of the molecule is Cc1cccc2c1N(C(=O)OCc1ccccc1)CCN2c1cc2cnc(S(C)(=O)=O)nc2n(-c2ccc(CN3CCOCC3)cc2)c1=O. The molecule has 0 radical (unpaired) electrons. The number of amides is 1. The molecule has 3 aromatic carbocycles. The molecule has 49 heavy (non-hydrogen) atoms. The summed E-state index contributed by atoms with van der Waals surface area (Å²) in [6, 6.07) is 24.5. The smallest absolute Gasteiger partial charge is 0.414 e. The van der Waals surface area contributed by atoms with Gasteiger partial charge in [-0.3, -0.25) is 19.2 Å². The minimum Gasteiger partial charge on any atom is -0.444 e. The Morgan fingerprint density at radius 3 is 2.39 bits per heavy atom. The summed E-state index contributed by atoms with van der Waals surface area (Å²) in [5.74, 6) is 0. The fourth-order valence-corrected chi connectivity index (χ4v) is 6.82. The zero-order valence-corrected chi connectivity index (χ0v) is 28.1. The Bertz CT molecular complexity index is 2180. The zero-order chi connectivity index (χ0) is 34.1. The van der Waals surface area contributed by atoms with Gasteiger partial charge in [0.1, 0.15) is 12.3 Å². The molecule has 1 amide bonds. The van der Waals surface area contributed by atoms with E-state index < -0.39 is 15.9 Å². The van der Waals surface area contributed by atoms with Gasteiger partial charge in [-0.2, -0.15) is 4.98 Å². The van der Waals surface area contributed by atoms with Crippen molar-refractivity contribution in [2.75, 3.05) is 55.4 Å². The molecule has 2 aliphatic heterocycles. The van der Waals surface area contributed by atoms with Gasteiger partial charge in [-0.25, -0.2) is 18.2 Å². The quantitative estimate of drug-likeness (QED) is 0.225. The number of morpholine rings is 1. The first-order valence-electron chi connectivity index (χ1n) is 16.0. The topological polar surface area (TPSA) is 127 Å². The van der Waals surface area contributed by atoms with Crippen LogP contribution in [0.5, 0.6) is 0 Å². The number of para-hydroxylation sites is 1. The number of ether oxygens (including phenoxy) is 2. The predicted molar refractivity (Wildman–Crippen MR) is 186 cm³/mol. The minimum atomic E-state index is -3.75. The number of sulfone groups is 1. The van der Waals surface area contributed by atoms with E-state index in [-0.39, 0.29) is 29.5 Å². The van der Waals surface area contributed by atoms with Crippen LogP contribution in [0.1, 0.15) is 16.7 Å². The van der Waals surface area contributed by atoms with E-state index in [2.05, 4.69) is 14.9 Å². The number of pyridine rings is 1. The highest BCUT2D eigenvalue weighted by Crippen LogP contribution is 2.40. The summed E-state index contributed by atoms with van der Waals surface area (Å²) in [4.78, 5) is 42.3. The molecule has 1 fully saturated rings. The summed E-state index contributed by atoms with van der Waals surface area (Å²) in [5.41, 5.74) is 4.78. The van der Waals surface area contributed by atoms with Gasteiger partial charge in [0, 0.05) is 50.6 Å². The van der Waals surface area contributed by atoms with Crippen LogP contribution in [0.25, 0.3) is 16.7 Å². The average Bonchev–Trinajstić information content (AvgIpc) is 3.11. The third-order valence-electron chi connectivity index (χ3n) is 8.78. The van der Waals surface area contributed by atoms with E-state index in [1.54, 1.807) is 11.0 Å². The van der Waals surface area contributed by atoms with E-state index in [1.165, 1.54) is 10.8 Å². The predicted octanol–water partition coefficient (Wildman–Crippen LogP) is 4.62. The molecule has 0 N–H and O–H groups in total. The lowest BCUT2D eigenvalue weighted by molar-refractivity contribution is 0.0342. The number of hydrogen-bond donors (Lipinski definition) is 0. The van der Waals surface area contributed by atoms with E-state index in [4.69, 9.17) is 9.47 Å². The zero-order valence-electron chi connectivity index (χ0n) is 27.3. The first-order chi connectivity index (χ1) is 23.7. The molecular weight excluding hydrogens is 644 g/mol. The standard InChI is InChI=1S/C36H36N6O6S/c1-25-7-6-10-30-32(25)41(36(44)48-24-27-8-4-3-5-9-27)16-15-40(30)31-21-28-22-37-35(49(2,45)46)38-33(28)42(34(31)43)29-13-11-26(12-14-29)23-39-17-19-47-20-18-39/h3-14,21-22H,15-20,23-24H2,1-2H3. The lowest BCUT2D eigenvalue weighted by atomic mass is 10.1. The molecule has 0 atom stereocenters. The van der Waals surface area contributed by atoms with Gasteiger partial charge in [-0.05, 0) is 47.9 Å². The first kappa shape index (κ1) is 32.4. The van der Waals surface area contributed by atoms with Crippen LogP contribution < -0.4 is 15.4 Å². The Hall–Kier alpha value is -5.11. The molecule has 4 heterocycles. The van der Waals surface area contributed by atoms with Crippen LogP contribution in [0.15, 0.2) is 95.0 Å². The molecule has 0 unspecified atom stereocenters. The van der Waals surface area contributed by atoms with E-state index in [1.807, 2.05) is 84.6 Å². The average molecular weight is 681 g/mol. The number of carbonyl (C=O) groups excluding carboxylic acids is 1. The van der Waals surface area contributed by atoms with Crippen LogP contribution in [0, 0.1) is 6.92 Å². The van der Waals surface area contributed by atoms with Gasteiger partial charge in [-0.1, -0.05) is 54.6 Å². The lowest BCUT2D eigenvalue weighted by Crippen LogP contribution is -2.44. The Morgan fingerprint density at radius 2 is 1.65 bits per heavy atom. The van der Waals surface area contributed by atoms with Crippen LogP contribution in [0.3, 0.4) is 0 Å². The summed E-state index contributed by atoms with van der Waals surface area (Å²) in [7, 11) is -3.75. The van der Waals surface area contributed by atoms with Gasteiger partial charge in [0.25, 0.3) is 5.56 Å². The van der Waals surface area contributed by atoms with E-state index in [9.17, 15) is 18.0 Å². The molecule has 0 spiro atoms. The largest absolute Gasteiger partial charge is 0.444 e. The van der Waals surface area contributed by atoms with Crippen molar-refractivity contribution >= 4 is 44.0 Å². The van der Waals surface area contributed by atoms with Gasteiger partial charge < -0.3 is 14.4 Å². The Kier molecular flexibility index (Phi) is 8.88. The van der Waals surface area contributed by atoms with Crippen molar-refractivity contribution in [3.8, 4) is 5.69 Å². The van der Waals surface area contributed by atoms with Crippen molar-refractivity contribution in [3.05, 3.63) is 112 Å². The summed E-state index contributed by atoms with van der Waals surface area (Å²) in [6.45, 7) is 6.45. The number of nitrogens with zero attached hydrogens (tertiary/aromatic N) is 6. The van der Waals surface area contributed by atoms with Crippen molar-refractivity contribution in [2.45, 2.75) is 25.2 Å². The van der Waals surface area contributed by atoms with Crippen molar-refractivity contribution < 1.29 is 22.7 Å². The van der Waals surface area contributed by atoms with E-state index in [0.717, 1.165) is 42.6 Å². The summed E-state index contributed by atoms with van der Waals surface area (Å²) >= 11 is 0. The van der Waals surface area contributed by atoms with Gasteiger partial charge in [0.2, 0.25) is 15.0 Å². The summed E-state index contributed by atoms with van der Waals surface area (Å²) in [5, 5.41) is 0.117. The van der Waals surface area contributed by atoms with Crippen molar-refractivity contribution in [1.29, 1.82) is 0 Å². The second-order valence-corrected chi connectivity index (χ2v) is 14.1. The molecule has 2 aliphatic rings. The number of benzene rings is 3. The highest BCUT2D eigenvalue weighted by atomic mass is 32.2. The molecule has 252 valence electrons. The Balaban J connectivity index is 1.29. The van der Waals surface area contributed by atoms with Crippen LogP contribution in [0.4, 0.5) is 21.9 Å².